The first-order chi connectivity index (χ1) is 17.4. The van der Waals surface area contributed by atoms with Crippen LogP contribution in [0.15, 0.2) is 35.3 Å². The van der Waals surface area contributed by atoms with E-state index < -0.39 is 5.97 Å². The predicted octanol–water partition coefficient (Wildman–Crippen LogP) is 3.53. The molecule has 10 heteroatoms. The number of aromatic amines is 1. The van der Waals surface area contributed by atoms with Crippen molar-refractivity contribution in [1.82, 2.24) is 20.2 Å². The van der Waals surface area contributed by atoms with Crippen LogP contribution in [0.5, 0.6) is 0 Å². The molecule has 36 heavy (non-hydrogen) atoms. The van der Waals surface area contributed by atoms with E-state index in [0.29, 0.717) is 28.7 Å². The summed E-state index contributed by atoms with van der Waals surface area (Å²) >= 11 is 0. The van der Waals surface area contributed by atoms with Crippen LogP contribution in [0.3, 0.4) is 0 Å². The lowest BCUT2D eigenvalue weighted by molar-refractivity contribution is -0.139. The van der Waals surface area contributed by atoms with Gasteiger partial charge in [-0.1, -0.05) is 0 Å². The zero-order valence-electron chi connectivity index (χ0n) is 20.4. The average molecular weight is 490 g/mol. The molecule has 2 saturated heterocycles. The zero-order valence-corrected chi connectivity index (χ0v) is 20.4. The minimum Gasteiger partial charge on any atom is -0.481 e. The molecule has 0 radical (unpaired) electrons. The summed E-state index contributed by atoms with van der Waals surface area (Å²) in [7, 11) is 0. The SMILES string of the molecule is CC1CCCCN1c1nc(Nc2ccc(N3CCC4(CC3)CC4C(=O)O)cc2)c2c(=O)[nH]ncc2n1. The van der Waals surface area contributed by atoms with E-state index in [4.69, 9.17) is 4.98 Å². The van der Waals surface area contributed by atoms with Gasteiger partial charge in [0, 0.05) is 37.1 Å². The van der Waals surface area contributed by atoms with Crippen molar-refractivity contribution in [3.63, 3.8) is 0 Å². The van der Waals surface area contributed by atoms with E-state index in [9.17, 15) is 14.7 Å². The number of nitrogens with zero attached hydrogens (tertiary/aromatic N) is 5. The Morgan fingerprint density at radius 2 is 1.92 bits per heavy atom. The van der Waals surface area contributed by atoms with E-state index in [1.165, 1.54) is 6.42 Å². The number of anilines is 4. The van der Waals surface area contributed by atoms with Gasteiger partial charge in [0.1, 0.15) is 16.7 Å². The van der Waals surface area contributed by atoms with Gasteiger partial charge in [0.05, 0.1) is 12.1 Å². The number of fused-ring (bicyclic) bond motifs is 1. The maximum absolute atomic E-state index is 12.6. The standard InChI is InChI=1S/C26H31N7O3/c1-16-4-2-3-11-33(16)25-29-20-15-27-31-23(34)21(20)22(30-25)28-17-5-7-18(8-6-17)32-12-9-26(10-13-32)14-19(26)24(35)36/h5-8,15-16,19H,2-4,9-14H2,1H3,(H,31,34)(H,35,36)(H,28,29,30). The highest BCUT2D eigenvalue weighted by atomic mass is 16.4. The number of hydrogen-bond donors (Lipinski definition) is 3. The largest absolute Gasteiger partial charge is 0.481 e. The highest BCUT2D eigenvalue weighted by Crippen LogP contribution is 2.59. The van der Waals surface area contributed by atoms with Crippen LogP contribution in [0, 0.1) is 11.3 Å². The summed E-state index contributed by atoms with van der Waals surface area (Å²) in [5, 5.41) is 19.5. The van der Waals surface area contributed by atoms with Gasteiger partial charge < -0.3 is 20.2 Å². The number of aliphatic carboxylic acids is 1. The summed E-state index contributed by atoms with van der Waals surface area (Å²) in [4.78, 5) is 38.0. The number of benzene rings is 1. The lowest BCUT2D eigenvalue weighted by Crippen LogP contribution is -2.38. The minimum absolute atomic E-state index is 0.0172. The summed E-state index contributed by atoms with van der Waals surface area (Å²) < 4.78 is 0. The first-order valence-electron chi connectivity index (χ1n) is 12.8. The van der Waals surface area contributed by atoms with Crippen molar-refractivity contribution in [3.8, 4) is 0 Å². The molecule has 1 aromatic carbocycles. The molecule has 2 unspecified atom stereocenters. The molecule has 3 N–H and O–H groups in total. The van der Waals surface area contributed by atoms with Gasteiger partial charge in [0.2, 0.25) is 5.95 Å². The van der Waals surface area contributed by atoms with Gasteiger partial charge in [-0.25, -0.2) is 10.1 Å². The van der Waals surface area contributed by atoms with Crippen molar-refractivity contribution in [2.75, 3.05) is 34.8 Å². The van der Waals surface area contributed by atoms with E-state index in [1.807, 2.05) is 12.1 Å². The highest BCUT2D eigenvalue weighted by molar-refractivity contribution is 5.90. The van der Waals surface area contributed by atoms with E-state index in [2.05, 4.69) is 49.4 Å². The second-order valence-corrected chi connectivity index (χ2v) is 10.5. The first kappa shape index (κ1) is 22.8. The average Bonchev–Trinajstić information content (AvgIpc) is 3.59. The van der Waals surface area contributed by atoms with Crippen LogP contribution in [0.4, 0.5) is 23.1 Å². The maximum Gasteiger partial charge on any atom is 0.307 e. The van der Waals surface area contributed by atoms with Gasteiger partial charge >= 0.3 is 5.97 Å². The fourth-order valence-electron chi connectivity index (χ4n) is 5.96. The number of hydrogen-bond acceptors (Lipinski definition) is 8. The molecule has 3 aromatic rings. The minimum atomic E-state index is -0.649. The molecule has 1 spiro atoms. The lowest BCUT2D eigenvalue weighted by atomic mass is 9.90. The Hall–Kier alpha value is -3.69. The van der Waals surface area contributed by atoms with E-state index >= 15 is 0 Å². The van der Waals surface area contributed by atoms with Crippen molar-refractivity contribution < 1.29 is 9.90 Å². The summed E-state index contributed by atoms with van der Waals surface area (Å²) in [6.07, 6.45) is 7.62. The normalized spacial score (nSPS) is 23.1. The number of carboxylic acids is 1. The number of piperidine rings is 2. The number of carboxylic acid groups (broad SMARTS) is 1. The van der Waals surface area contributed by atoms with E-state index in [0.717, 1.165) is 63.1 Å². The molecule has 1 aliphatic carbocycles. The van der Waals surface area contributed by atoms with Crippen molar-refractivity contribution in [1.29, 1.82) is 0 Å². The number of nitrogens with one attached hydrogen (secondary N) is 2. The van der Waals surface area contributed by atoms with Crippen LogP contribution in [0.25, 0.3) is 10.9 Å². The molecule has 2 atom stereocenters. The predicted molar refractivity (Wildman–Crippen MR) is 138 cm³/mol. The molecule has 3 fully saturated rings. The molecule has 1 saturated carbocycles. The fourth-order valence-corrected chi connectivity index (χ4v) is 5.96. The Labute approximate surface area is 208 Å². The third kappa shape index (κ3) is 4.04. The molecule has 0 bridgehead atoms. The van der Waals surface area contributed by atoms with E-state index in [1.54, 1.807) is 6.20 Å². The summed E-state index contributed by atoms with van der Waals surface area (Å²) in [6.45, 7) is 4.81. The van der Waals surface area contributed by atoms with Crippen molar-refractivity contribution in [2.45, 2.75) is 51.5 Å². The molecule has 10 nitrogen and oxygen atoms in total. The zero-order chi connectivity index (χ0) is 24.9. The lowest BCUT2D eigenvalue weighted by Gasteiger charge is -2.34. The van der Waals surface area contributed by atoms with Crippen molar-refractivity contribution in [3.05, 3.63) is 40.8 Å². The summed E-state index contributed by atoms with van der Waals surface area (Å²) in [5.41, 5.74) is 2.15. The Kier molecular flexibility index (Phi) is 5.54. The van der Waals surface area contributed by atoms with Crippen molar-refractivity contribution in [2.24, 2.45) is 11.3 Å². The van der Waals surface area contributed by atoms with Crippen molar-refractivity contribution >= 4 is 40.0 Å². The van der Waals surface area contributed by atoms with Gasteiger partial charge in [0.15, 0.2) is 0 Å². The first-order valence-corrected chi connectivity index (χ1v) is 12.8. The second-order valence-electron chi connectivity index (χ2n) is 10.5. The molecule has 4 heterocycles. The molecular weight excluding hydrogens is 458 g/mol. The van der Waals surface area contributed by atoms with Gasteiger partial charge in [-0.15, -0.1) is 0 Å². The Bertz CT molecular complexity index is 1350. The second kappa shape index (κ2) is 8.76. The maximum atomic E-state index is 12.6. The molecule has 188 valence electrons. The molecule has 2 aliphatic heterocycles. The van der Waals surface area contributed by atoms with Crippen LogP contribution < -0.4 is 20.7 Å². The fraction of sp³-hybridized carbons (Fsp3) is 0.500. The van der Waals surface area contributed by atoms with Crippen LogP contribution >= 0.6 is 0 Å². The van der Waals surface area contributed by atoms with Crippen LogP contribution in [-0.2, 0) is 4.79 Å². The number of H-pyrrole nitrogens is 1. The molecule has 6 rings (SSSR count). The quantitative estimate of drug-likeness (QED) is 0.493. The molecule has 0 amide bonds. The molecule has 3 aliphatic rings. The topological polar surface area (TPSA) is 127 Å². The van der Waals surface area contributed by atoms with Gasteiger partial charge in [-0.3, -0.25) is 9.59 Å². The highest BCUT2D eigenvalue weighted by Gasteiger charge is 2.58. The summed E-state index contributed by atoms with van der Waals surface area (Å²) in [6, 6.07) is 8.44. The Morgan fingerprint density at radius 1 is 1.14 bits per heavy atom. The molecule has 2 aromatic heterocycles. The van der Waals surface area contributed by atoms with Gasteiger partial charge in [-0.2, -0.15) is 10.1 Å². The third-order valence-electron chi connectivity index (χ3n) is 8.31. The number of carbonyl (C=O) groups is 1. The van der Waals surface area contributed by atoms with Gasteiger partial charge in [-0.05, 0) is 75.1 Å². The number of aromatic nitrogens is 4. The van der Waals surface area contributed by atoms with Crippen LogP contribution in [0.1, 0.15) is 45.4 Å². The Balaban J connectivity index is 1.23. The number of rotatable bonds is 5. The molecular formula is C26H31N7O3. The van der Waals surface area contributed by atoms with Crippen LogP contribution in [0.2, 0.25) is 0 Å². The third-order valence-corrected chi connectivity index (χ3v) is 8.31. The van der Waals surface area contributed by atoms with Crippen LogP contribution in [-0.4, -0.2) is 56.9 Å². The smallest absolute Gasteiger partial charge is 0.307 e. The van der Waals surface area contributed by atoms with E-state index in [-0.39, 0.29) is 16.9 Å². The van der Waals surface area contributed by atoms with Gasteiger partial charge in [0.25, 0.3) is 5.56 Å². The monoisotopic (exact) mass is 489 g/mol. The summed E-state index contributed by atoms with van der Waals surface area (Å²) in [5.74, 6) is 0.273. The Morgan fingerprint density at radius 3 is 2.61 bits per heavy atom.